The first-order chi connectivity index (χ1) is 18.0. The molecule has 2 rings (SSSR count). The van der Waals surface area contributed by atoms with Crippen LogP contribution < -0.4 is 10.6 Å². The molecule has 2 aromatic carbocycles. The quantitative estimate of drug-likeness (QED) is 0.200. The minimum atomic E-state index is -1.61. The molecule has 0 saturated heterocycles. The Balaban J connectivity index is 2.23. The molecule has 38 heavy (non-hydrogen) atoms. The number of alkyl carbamates (subject to hydrolysis) is 1. The van der Waals surface area contributed by atoms with Crippen molar-refractivity contribution >= 4 is 29.6 Å². The number of rotatable bonds is 13. The zero-order valence-electron chi connectivity index (χ0n) is 21.3. The van der Waals surface area contributed by atoms with Gasteiger partial charge in [0.15, 0.2) is 0 Å². The number of nitro benzene ring substituents is 1. The molecule has 0 saturated carbocycles. The van der Waals surface area contributed by atoms with E-state index in [-0.39, 0.29) is 24.5 Å². The summed E-state index contributed by atoms with van der Waals surface area (Å²) in [6.45, 7) is 4.93. The third-order valence-electron chi connectivity index (χ3n) is 5.63. The van der Waals surface area contributed by atoms with Gasteiger partial charge in [-0.3, -0.25) is 19.7 Å². The van der Waals surface area contributed by atoms with Gasteiger partial charge in [0.2, 0.25) is 5.91 Å². The van der Waals surface area contributed by atoms with Gasteiger partial charge in [0.25, 0.3) is 5.69 Å². The Morgan fingerprint density at radius 1 is 0.947 bits per heavy atom. The zero-order chi connectivity index (χ0) is 28.2. The van der Waals surface area contributed by atoms with E-state index in [0.717, 1.165) is 5.56 Å². The highest BCUT2D eigenvalue weighted by Gasteiger charge is 2.36. The highest BCUT2D eigenvalue weighted by atomic mass is 16.6. The highest BCUT2D eigenvalue weighted by molar-refractivity contribution is 5.90. The molecule has 0 aliphatic carbocycles. The van der Waals surface area contributed by atoms with Crippen molar-refractivity contribution in [2.24, 2.45) is 5.92 Å². The maximum absolute atomic E-state index is 13.1. The van der Waals surface area contributed by atoms with Crippen molar-refractivity contribution in [2.45, 2.75) is 51.8 Å². The third kappa shape index (κ3) is 8.87. The minimum Gasteiger partial charge on any atom is -0.480 e. The number of nitro groups is 1. The molecule has 0 bridgehead atoms. The molecule has 12 nitrogen and oxygen atoms in total. The van der Waals surface area contributed by atoms with Gasteiger partial charge in [0, 0.05) is 18.1 Å². The first-order valence-electron chi connectivity index (χ1n) is 11.9. The van der Waals surface area contributed by atoms with E-state index in [2.05, 4.69) is 10.6 Å². The number of benzene rings is 2. The zero-order valence-corrected chi connectivity index (χ0v) is 21.3. The average Bonchev–Trinajstić information content (AvgIpc) is 2.88. The third-order valence-corrected chi connectivity index (χ3v) is 5.63. The van der Waals surface area contributed by atoms with Crippen LogP contribution in [-0.4, -0.2) is 52.7 Å². The van der Waals surface area contributed by atoms with E-state index >= 15 is 0 Å². The maximum Gasteiger partial charge on any atom is 0.408 e. The standard InChI is InChI=1S/C26H31N3O9/c1-4-37-21(30)14-20(18-10-12-19(13-11-18)29(35)36)23(25(32)33)27-24(31)22(16(2)3)28-26(34)38-15-17-8-6-5-7-9-17/h5-13,16,20,22-23H,4,14-15H2,1-3H3,(H,27,31)(H,28,34)(H,32,33)/t20-,22-,23-/m0/s1. The Morgan fingerprint density at radius 3 is 2.11 bits per heavy atom. The van der Waals surface area contributed by atoms with Crippen LogP contribution in [0.3, 0.4) is 0 Å². The number of carbonyl (C=O) groups excluding carboxylic acids is 3. The van der Waals surface area contributed by atoms with E-state index < -0.39 is 59.2 Å². The van der Waals surface area contributed by atoms with Crippen molar-refractivity contribution in [3.63, 3.8) is 0 Å². The van der Waals surface area contributed by atoms with Crippen molar-refractivity contribution < 1.29 is 38.7 Å². The van der Waals surface area contributed by atoms with Crippen LogP contribution in [0.15, 0.2) is 54.6 Å². The summed E-state index contributed by atoms with van der Waals surface area (Å²) in [6, 6.07) is 11.1. The number of hydrogen-bond acceptors (Lipinski definition) is 8. The van der Waals surface area contributed by atoms with E-state index in [9.17, 15) is 34.4 Å². The largest absolute Gasteiger partial charge is 0.480 e. The number of carboxylic acids is 1. The predicted molar refractivity (Wildman–Crippen MR) is 135 cm³/mol. The SMILES string of the molecule is CCOC(=O)C[C@@H](c1ccc([N+](=O)[O-])cc1)[C@H](NC(=O)[C@@H](NC(=O)OCc1ccccc1)C(C)C)C(=O)O. The molecule has 0 aliphatic rings. The van der Waals surface area contributed by atoms with Crippen LogP contribution in [0, 0.1) is 16.0 Å². The number of nitrogens with one attached hydrogen (secondary N) is 2. The predicted octanol–water partition coefficient (Wildman–Crippen LogP) is 3.15. The Morgan fingerprint density at radius 2 is 1.58 bits per heavy atom. The number of nitrogens with zero attached hydrogens (tertiary/aromatic N) is 1. The van der Waals surface area contributed by atoms with E-state index in [1.165, 1.54) is 24.3 Å². The molecule has 2 aromatic rings. The molecule has 0 aliphatic heterocycles. The molecule has 0 fully saturated rings. The summed E-state index contributed by atoms with van der Waals surface area (Å²) in [5, 5.41) is 25.9. The summed E-state index contributed by atoms with van der Waals surface area (Å²) in [4.78, 5) is 60.5. The minimum absolute atomic E-state index is 0.0292. The Labute approximate surface area is 219 Å². The van der Waals surface area contributed by atoms with Gasteiger partial charge >= 0.3 is 18.0 Å². The second kappa shape index (κ2) is 14.3. The molecule has 0 radical (unpaired) electrons. The van der Waals surface area contributed by atoms with Gasteiger partial charge < -0.3 is 25.2 Å². The molecular weight excluding hydrogens is 498 g/mol. The van der Waals surface area contributed by atoms with Crippen LogP contribution in [-0.2, 0) is 30.5 Å². The molecule has 0 unspecified atom stereocenters. The van der Waals surface area contributed by atoms with Gasteiger partial charge in [-0.2, -0.15) is 0 Å². The molecular formula is C26H31N3O9. The van der Waals surface area contributed by atoms with Crippen LogP contribution in [0.5, 0.6) is 0 Å². The number of esters is 1. The first-order valence-corrected chi connectivity index (χ1v) is 11.9. The van der Waals surface area contributed by atoms with E-state index in [0.29, 0.717) is 0 Å². The first kappa shape index (κ1) is 29.7. The maximum atomic E-state index is 13.1. The molecule has 12 heteroatoms. The smallest absolute Gasteiger partial charge is 0.408 e. The van der Waals surface area contributed by atoms with Crippen LogP contribution in [0.2, 0.25) is 0 Å². The normalized spacial score (nSPS) is 13.1. The Bertz CT molecular complexity index is 1120. The second-order valence-corrected chi connectivity index (χ2v) is 8.72. The summed E-state index contributed by atoms with van der Waals surface area (Å²) >= 11 is 0. The molecule has 3 atom stereocenters. The summed E-state index contributed by atoms with van der Waals surface area (Å²) < 4.78 is 10.1. The van der Waals surface area contributed by atoms with Crippen molar-refractivity contribution in [2.75, 3.05) is 6.61 Å². The molecule has 0 spiro atoms. The lowest BCUT2D eigenvalue weighted by Gasteiger charge is -2.28. The number of aliphatic carboxylic acids is 1. The average molecular weight is 530 g/mol. The Hall–Kier alpha value is -4.48. The number of carboxylic acid groups (broad SMARTS) is 1. The lowest BCUT2D eigenvalue weighted by Crippen LogP contribution is -2.55. The van der Waals surface area contributed by atoms with Gasteiger partial charge in [0.1, 0.15) is 18.7 Å². The summed E-state index contributed by atoms with van der Waals surface area (Å²) in [5.41, 5.74) is 0.786. The van der Waals surface area contributed by atoms with Gasteiger partial charge in [-0.05, 0) is 24.0 Å². The second-order valence-electron chi connectivity index (χ2n) is 8.72. The Kier molecular flexibility index (Phi) is 11.2. The van der Waals surface area contributed by atoms with Crippen molar-refractivity contribution in [1.29, 1.82) is 0 Å². The molecule has 0 heterocycles. The lowest BCUT2D eigenvalue weighted by atomic mass is 9.87. The van der Waals surface area contributed by atoms with E-state index in [1.54, 1.807) is 45.0 Å². The van der Waals surface area contributed by atoms with E-state index in [1.807, 2.05) is 6.07 Å². The van der Waals surface area contributed by atoms with E-state index in [4.69, 9.17) is 9.47 Å². The van der Waals surface area contributed by atoms with Gasteiger partial charge in [-0.15, -0.1) is 0 Å². The van der Waals surface area contributed by atoms with Crippen molar-refractivity contribution in [3.05, 3.63) is 75.8 Å². The molecule has 0 aromatic heterocycles. The van der Waals surface area contributed by atoms with Gasteiger partial charge in [-0.1, -0.05) is 56.3 Å². The van der Waals surface area contributed by atoms with Gasteiger partial charge in [-0.25, -0.2) is 9.59 Å². The number of non-ortho nitro benzene ring substituents is 1. The number of carbonyl (C=O) groups is 4. The lowest BCUT2D eigenvalue weighted by molar-refractivity contribution is -0.384. The van der Waals surface area contributed by atoms with Crippen molar-refractivity contribution in [3.8, 4) is 0 Å². The van der Waals surface area contributed by atoms with Crippen LogP contribution in [0.4, 0.5) is 10.5 Å². The van der Waals surface area contributed by atoms with Crippen LogP contribution in [0.1, 0.15) is 44.2 Å². The number of hydrogen-bond donors (Lipinski definition) is 3. The molecule has 2 amide bonds. The summed E-state index contributed by atoms with van der Waals surface area (Å²) in [7, 11) is 0. The number of ether oxygens (including phenoxy) is 2. The molecule has 204 valence electrons. The fraction of sp³-hybridized carbons (Fsp3) is 0.385. The fourth-order valence-electron chi connectivity index (χ4n) is 3.68. The number of amides is 2. The van der Waals surface area contributed by atoms with Crippen LogP contribution >= 0.6 is 0 Å². The topological polar surface area (TPSA) is 174 Å². The monoisotopic (exact) mass is 529 g/mol. The summed E-state index contributed by atoms with van der Waals surface area (Å²) in [5.74, 6) is -4.52. The van der Waals surface area contributed by atoms with Crippen molar-refractivity contribution in [1.82, 2.24) is 10.6 Å². The molecule has 3 N–H and O–H groups in total. The van der Waals surface area contributed by atoms with Crippen LogP contribution in [0.25, 0.3) is 0 Å². The summed E-state index contributed by atoms with van der Waals surface area (Å²) in [6.07, 6.45) is -1.28. The fourth-order valence-corrected chi connectivity index (χ4v) is 3.68. The van der Waals surface area contributed by atoms with Gasteiger partial charge in [0.05, 0.1) is 18.0 Å². The highest BCUT2D eigenvalue weighted by Crippen LogP contribution is 2.27.